The van der Waals surface area contributed by atoms with Gasteiger partial charge < -0.3 is 25.0 Å². The highest BCUT2D eigenvalue weighted by Gasteiger charge is 2.35. The van der Waals surface area contributed by atoms with Crippen LogP contribution in [0.2, 0.25) is 0 Å². The van der Waals surface area contributed by atoms with Crippen molar-refractivity contribution in [2.75, 3.05) is 36.5 Å². The summed E-state index contributed by atoms with van der Waals surface area (Å²) in [5.41, 5.74) is 4.67. The van der Waals surface area contributed by atoms with Gasteiger partial charge >= 0.3 is 0 Å². The summed E-state index contributed by atoms with van der Waals surface area (Å²) in [7, 11) is 0. The molecule has 0 aliphatic carbocycles. The molecule has 2 fully saturated rings. The van der Waals surface area contributed by atoms with Gasteiger partial charge in [-0.2, -0.15) is 0 Å². The molecule has 0 radical (unpaired) electrons. The quantitative estimate of drug-likeness (QED) is 0.606. The molecule has 0 spiro atoms. The molecule has 0 bridgehead atoms. The van der Waals surface area contributed by atoms with Gasteiger partial charge in [0.25, 0.3) is 5.91 Å². The first kappa shape index (κ1) is 24.7. The van der Waals surface area contributed by atoms with Crippen molar-refractivity contribution in [3.8, 4) is 5.75 Å². The van der Waals surface area contributed by atoms with Crippen molar-refractivity contribution in [3.05, 3.63) is 53.1 Å². The van der Waals surface area contributed by atoms with Crippen LogP contribution < -0.4 is 20.3 Å². The maximum atomic E-state index is 12.5. The normalized spacial score (nSPS) is 19.6. The van der Waals surface area contributed by atoms with Crippen molar-refractivity contribution in [3.63, 3.8) is 0 Å². The van der Waals surface area contributed by atoms with Crippen molar-refractivity contribution < 1.29 is 23.9 Å². The molecule has 2 aromatic rings. The molecule has 2 atom stereocenters. The molecule has 2 aliphatic rings. The lowest BCUT2D eigenvalue weighted by atomic mass is 10.1. The molecule has 4 rings (SSSR count). The second-order valence-corrected chi connectivity index (χ2v) is 9.39. The fourth-order valence-electron chi connectivity index (χ4n) is 4.72. The van der Waals surface area contributed by atoms with Gasteiger partial charge in [-0.1, -0.05) is 17.7 Å². The predicted octanol–water partition coefficient (Wildman–Crippen LogP) is 3.28. The zero-order chi connectivity index (χ0) is 24.9. The van der Waals surface area contributed by atoms with E-state index in [4.69, 9.17) is 9.47 Å². The zero-order valence-corrected chi connectivity index (χ0v) is 20.6. The first-order valence-corrected chi connectivity index (χ1v) is 12.1. The van der Waals surface area contributed by atoms with E-state index >= 15 is 0 Å². The Labute approximate surface area is 206 Å². The van der Waals surface area contributed by atoms with Gasteiger partial charge in [0, 0.05) is 37.5 Å². The van der Waals surface area contributed by atoms with Crippen LogP contribution in [0.15, 0.2) is 36.4 Å². The lowest BCUT2D eigenvalue weighted by molar-refractivity contribution is -0.126. The lowest BCUT2D eigenvalue weighted by Gasteiger charge is -2.18. The monoisotopic (exact) mass is 479 g/mol. The van der Waals surface area contributed by atoms with Gasteiger partial charge in [0.15, 0.2) is 6.61 Å². The summed E-state index contributed by atoms with van der Waals surface area (Å²) in [6.45, 7) is 7.41. The van der Waals surface area contributed by atoms with Crippen LogP contribution in [-0.4, -0.2) is 50.1 Å². The number of nitrogens with one attached hydrogen (secondary N) is 2. The number of carbonyl (C=O) groups is 3. The number of benzene rings is 2. The summed E-state index contributed by atoms with van der Waals surface area (Å²) in [6.07, 6.45) is 2.24. The van der Waals surface area contributed by atoms with Gasteiger partial charge in [-0.05, 0) is 69.0 Å². The van der Waals surface area contributed by atoms with E-state index in [1.807, 2.05) is 32.9 Å². The molecule has 8 heteroatoms. The van der Waals surface area contributed by atoms with Gasteiger partial charge in [-0.15, -0.1) is 0 Å². The Bertz CT molecular complexity index is 1070. The van der Waals surface area contributed by atoms with Gasteiger partial charge in [-0.3, -0.25) is 14.4 Å². The fourth-order valence-corrected chi connectivity index (χ4v) is 4.72. The summed E-state index contributed by atoms with van der Waals surface area (Å²) >= 11 is 0. The first-order chi connectivity index (χ1) is 16.8. The van der Waals surface area contributed by atoms with Crippen molar-refractivity contribution >= 4 is 29.1 Å². The van der Waals surface area contributed by atoms with E-state index in [1.54, 1.807) is 29.2 Å². The third-order valence-corrected chi connectivity index (χ3v) is 6.48. The van der Waals surface area contributed by atoms with Crippen LogP contribution in [0.3, 0.4) is 0 Å². The van der Waals surface area contributed by atoms with Crippen LogP contribution in [0.4, 0.5) is 11.4 Å². The number of amides is 3. The number of nitrogens with zero attached hydrogens (tertiary/aromatic N) is 1. The Morgan fingerprint density at radius 1 is 1.11 bits per heavy atom. The summed E-state index contributed by atoms with van der Waals surface area (Å²) in [6, 6.07) is 11.0. The molecular weight excluding hydrogens is 446 g/mol. The molecule has 2 aliphatic heterocycles. The second kappa shape index (κ2) is 10.9. The molecule has 35 heavy (non-hydrogen) atoms. The number of hydrogen-bond donors (Lipinski definition) is 2. The van der Waals surface area contributed by atoms with E-state index in [9.17, 15) is 14.4 Å². The Kier molecular flexibility index (Phi) is 7.70. The molecule has 0 unspecified atom stereocenters. The summed E-state index contributed by atoms with van der Waals surface area (Å²) in [5.74, 6) is -0.285. The van der Waals surface area contributed by atoms with E-state index in [0.717, 1.165) is 41.8 Å². The third kappa shape index (κ3) is 6.19. The van der Waals surface area contributed by atoms with E-state index < -0.39 is 0 Å². The SMILES string of the molecule is Cc1cc(C)c(NC(=O)COc2ccc(N3C[C@H](C(=O)NC[C@@H]4CCCO4)CC3=O)cc2)c(C)c1. The molecule has 186 valence electrons. The number of aryl methyl sites for hydroxylation is 3. The van der Waals surface area contributed by atoms with E-state index in [0.29, 0.717) is 24.5 Å². The molecule has 0 saturated carbocycles. The number of rotatable bonds is 8. The highest BCUT2D eigenvalue weighted by Crippen LogP contribution is 2.27. The number of hydrogen-bond acceptors (Lipinski definition) is 5. The van der Waals surface area contributed by atoms with E-state index in [-0.39, 0.29) is 42.8 Å². The number of ether oxygens (including phenoxy) is 2. The Morgan fingerprint density at radius 2 is 1.83 bits per heavy atom. The minimum atomic E-state index is -0.378. The highest BCUT2D eigenvalue weighted by atomic mass is 16.5. The van der Waals surface area contributed by atoms with Crippen molar-refractivity contribution in [2.24, 2.45) is 5.92 Å². The Morgan fingerprint density at radius 3 is 2.49 bits per heavy atom. The maximum absolute atomic E-state index is 12.5. The van der Waals surface area contributed by atoms with Gasteiger partial charge in [0.1, 0.15) is 5.75 Å². The largest absolute Gasteiger partial charge is 0.484 e. The van der Waals surface area contributed by atoms with Crippen molar-refractivity contribution in [1.29, 1.82) is 0 Å². The average molecular weight is 480 g/mol. The van der Waals surface area contributed by atoms with Crippen LogP contribution in [0.25, 0.3) is 0 Å². The minimum absolute atomic E-state index is 0.0757. The molecule has 3 amide bonds. The Hall–Kier alpha value is -3.39. The predicted molar refractivity (Wildman–Crippen MR) is 134 cm³/mol. The third-order valence-electron chi connectivity index (χ3n) is 6.48. The maximum Gasteiger partial charge on any atom is 0.262 e. The number of carbonyl (C=O) groups excluding carboxylic acids is 3. The van der Waals surface area contributed by atoms with Crippen LogP contribution in [0.5, 0.6) is 5.75 Å². The van der Waals surface area contributed by atoms with Gasteiger partial charge in [0.2, 0.25) is 11.8 Å². The van der Waals surface area contributed by atoms with Crippen LogP contribution in [0, 0.1) is 26.7 Å². The van der Waals surface area contributed by atoms with Crippen LogP contribution in [-0.2, 0) is 19.1 Å². The lowest BCUT2D eigenvalue weighted by Crippen LogP contribution is -2.37. The smallest absolute Gasteiger partial charge is 0.262 e. The highest BCUT2D eigenvalue weighted by molar-refractivity contribution is 6.00. The average Bonchev–Trinajstić information content (AvgIpc) is 3.48. The van der Waals surface area contributed by atoms with Gasteiger partial charge in [0.05, 0.1) is 12.0 Å². The first-order valence-electron chi connectivity index (χ1n) is 12.1. The molecule has 2 saturated heterocycles. The summed E-state index contributed by atoms with van der Waals surface area (Å²) in [5, 5.41) is 5.84. The van der Waals surface area contributed by atoms with Gasteiger partial charge in [-0.25, -0.2) is 0 Å². The fraction of sp³-hybridized carbons (Fsp3) is 0.444. The molecule has 2 aromatic carbocycles. The number of anilines is 2. The summed E-state index contributed by atoms with van der Waals surface area (Å²) < 4.78 is 11.2. The van der Waals surface area contributed by atoms with Crippen molar-refractivity contribution in [1.82, 2.24) is 5.32 Å². The van der Waals surface area contributed by atoms with Crippen LogP contribution >= 0.6 is 0 Å². The second-order valence-electron chi connectivity index (χ2n) is 9.39. The Balaban J connectivity index is 1.27. The van der Waals surface area contributed by atoms with Crippen molar-refractivity contribution in [2.45, 2.75) is 46.1 Å². The molecule has 2 N–H and O–H groups in total. The van der Waals surface area contributed by atoms with E-state index in [2.05, 4.69) is 10.6 Å². The zero-order valence-electron chi connectivity index (χ0n) is 20.6. The van der Waals surface area contributed by atoms with Crippen LogP contribution in [0.1, 0.15) is 36.0 Å². The van der Waals surface area contributed by atoms with E-state index in [1.165, 1.54) is 0 Å². The summed E-state index contributed by atoms with van der Waals surface area (Å²) in [4.78, 5) is 39.1. The minimum Gasteiger partial charge on any atom is -0.484 e. The molecule has 8 nitrogen and oxygen atoms in total. The molecular formula is C27H33N3O5. The standard InChI is InChI=1S/C27H33N3O5/c1-17-11-18(2)26(19(3)12-17)29-24(31)16-35-22-8-6-21(7-9-22)30-15-20(13-25(30)32)27(33)28-14-23-5-4-10-34-23/h6-9,11-12,20,23H,4-5,10,13-16H2,1-3H3,(H,28,33)(H,29,31)/t20-,23+/m1/s1. The molecule has 0 aromatic heterocycles. The molecule has 2 heterocycles. The topological polar surface area (TPSA) is 97.0 Å².